The Kier molecular flexibility index (Phi) is 7.64. The second-order valence-electron chi connectivity index (χ2n) is 5.79. The van der Waals surface area contributed by atoms with Crippen LogP contribution in [0.25, 0.3) is 0 Å². The number of benzene rings is 2. The second-order valence-corrected chi connectivity index (χ2v) is 6.63. The van der Waals surface area contributed by atoms with E-state index in [0.29, 0.717) is 21.3 Å². The van der Waals surface area contributed by atoms with Gasteiger partial charge in [0.05, 0.1) is 17.3 Å². The van der Waals surface area contributed by atoms with Gasteiger partial charge in [0, 0.05) is 30.6 Å². The fourth-order valence-corrected chi connectivity index (χ4v) is 2.54. The quantitative estimate of drug-likeness (QED) is 0.739. The van der Waals surface area contributed by atoms with E-state index in [1.165, 1.54) is 11.9 Å². The van der Waals surface area contributed by atoms with Crippen molar-refractivity contribution in [2.45, 2.75) is 6.42 Å². The lowest BCUT2D eigenvalue weighted by molar-refractivity contribution is -0.133. The summed E-state index contributed by atoms with van der Waals surface area (Å²) in [5, 5.41) is 6.27. The monoisotopic (exact) mass is 407 g/mol. The van der Waals surface area contributed by atoms with Crippen molar-refractivity contribution in [2.75, 3.05) is 25.5 Å². The van der Waals surface area contributed by atoms with Gasteiger partial charge >= 0.3 is 0 Å². The van der Waals surface area contributed by atoms with Gasteiger partial charge in [0.1, 0.15) is 0 Å². The van der Waals surface area contributed by atoms with Gasteiger partial charge in [-0.25, -0.2) is 0 Å². The molecule has 0 saturated heterocycles. The van der Waals surface area contributed by atoms with E-state index in [2.05, 4.69) is 10.6 Å². The summed E-state index contributed by atoms with van der Waals surface area (Å²) in [7, 11) is 1.52. The van der Waals surface area contributed by atoms with Crippen molar-refractivity contribution in [3.05, 3.63) is 64.1 Å². The lowest BCUT2D eigenvalue weighted by atomic mass is 10.2. The van der Waals surface area contributed by atoms with Crippen molar-refractivity contribution in [3.8, 4) is 0 Å². The molecule has 0 fully saturated rings. The zero-order valence-electron chi connectivity index (χ0n) is 14.7. The number of hydrogen-bond donors (Lipinski definition) is 2. The topological polar surface area (TPSA) is 78.5 Å². The van der Waals surface area contributed by atoms with Gasteiger partial charge in [0.2, 0.25) is 11.8 Å². The first-order chi connectivity index (χ1) is 12.9. The number of likely N-dealkylation sites (N-methyl/N-ethyl adjacent to an activating group) is 1. The third-order valence-corrected chi connectivity index (χ3v) is 4.27. The summed E-state index contributed by atoms with van der Waals surface area (Å²) in [5.74, 6) is -0.913. The van der Waals surface area contributed by atoms with E-state index < -0.39 is 0 Å². The number of carbonyl (C=O) groups is 3. The van der Waals surface area contributed by atoms with Crippen molar-refractivity contribution in [1.82, 2.24) is 10.2 Å². The minimum Gasteiger partial charge on any atom is -0.352 e. The van der Waals surface area contributed by atoms with Gasteiger partial charge in [-0.05, 0) is 36.4 Å². The molecule has 6 nitrogen and oxygen atoms in total. The predicted octanol–water partition coefficient (Wildman–Crippen LogP) is 3.21. The van der Waals surface area contributed by atoms with E-state index in [1.54, 1.807) is 48.5 Å². The standard InChI is InChI=1S/C19H19Cl2N3O3/c1-24(12-17(25)23-16-5-3-2-4-15(16)21)18(26)10-11-22-19(27)13-6-8-14(20)9-7-13/h2-9H,10-12H2,1H3,(H,22,27)(H,23,25). The van der Waals surface area contributed by atoms with Crippen LogP contribution in [0.4, 0.5) is 5.69 Å². The van der Waals surface area contributed by atoms with Crippen molar-refractivity contribution >= 4 is 46.6 Å². The van der Waals surface area contributed by atoms with Gasteiger partial charge in [-0.2, -0.15) is 0 Å². The maximum Gasteiger partial charge on any atom is 0.251 e. The normalized spacial score (nSPS) is 10.2. The molecular formula is C19H19Cl2N3O3. The molecule has 0 aromatic heterocycles. The van der Waals surface area contributed by atoms with Crippen molar-refractivity contribution < 1.29 is 14.4 Å². The minimum atomic E-state index is -0.357. The molecular weight excluding hydrogens is 389 g/mol. The number of carbonyl (C=O) groups excluding carboxylic acids is 3. The lowest BCUT2D eigenvalue weighted by Crippen LogP contribution is -2.37. The number of nitrogens with one attached hydrogen (secondary N) is 2. The first kappa shape index (κ1) is 20.7. The lowest BCUT2D eigenvalue weighted by Gasteiger charge is -2.17. The van der Waals surface area contributed by atoms with Crippen LogP contribution in [0.15, 0.2) is 48.5 Å². The highest BCUT2D eigenvalue weighted by Gasteiger charge is 2.14. The molecule has 0 radical (unpaired) electrons. The number of para-hydroxylation sites is 1. The molecule has 2 aromatic carbocycles. The average molecular weight is 408 g/mol. The van der Waals surface area contributed by atoms with Gasteiger partial charge < -0.3 is 15.5 Å². The average Bonchev–Trinajstić information content (AvgIpc) is 2.63. The number of anilines is 1. The van der Waals surface area contributed by atoms with Crippen molar-refractivity contribution in [1.29, 1.82) is 0 Å². The van der Waals surface area contributed by atoms with Crippen molar-refractivity contribution in [3.63, 3.8) is 0 Å². The summed E-state index contributed by atoms with van der Waals surface area (Å²) < 4.78 is 0. The van der Waals surface area contributed by atoms with Crippen molar-refractivity contribution in [2.24, 2.45) is 0 Å². The maximum absolute atomic E-state index is 12.1. The third-order valence-electron chi connectivity index (χ3n) is 3.69. The second kappa shape index (κ2) is 9.94. The number of hydrogen-bond acceptors (Lipinski definition) is 3. The molecule has 3 amide bonds. The summed E-state index contributed by atoms with van der Waals surface area (Å²) >= 11 is 11.8. The SMILES string of the molecule is CN(CC(=O)Nc1ccccc1Cl)C(=O)CCNC(=O)c1ccc(Cl)cc1. The molecule has 2 rings (SSSR count). The Balaban J connectivity index is 1.75. The highest BCUT2D eigenvalue weighted by atomic mass is 35.5. The van der Waals surface area contributed by atoms with E-state index in [4.69, 9.17) is 23.2 Å². The highest BCUT2D eigenvalue weighted by molar-refractivity contribution is 6.33. The molecule has 0 bridgehead atoms. The molecule has 8 heteroatoms. The van der Waals surface area contributed by atoms with Crippen LogP contribution in [-0.2, 0) is 9.59 Å². The van der Waals surface area contributed by atoms with E-state index in [-0.39, 0.29) is 37.2 Å². The zero-order chi connectivity index (χ0) is 19.8. The highest BCUT2D eigenvalue weighted by Crippen LogP contribution is 2.20. The van der Waals surface area contributed by atoms with Crippen LogP contribution in [0.5, 0.6) is 0 Å². The molecule has 0 unspecified atom stereocenters. The molecule has 0 spiro atoms. The van der Waals surface area contributed by atoms with Gasteiger partial charge in [-0.3, -0.25) is 14.4 Å². The Morgan fingerprint density at radius 1 is 1.00 bits per heavy atom. The fraction of sp³-hybridized carbons (Fsp3) is 0.211. The van der Waals surface area contributed by atoms with Crippen LogP contribution in [-0.4, -0.2) is 42.8 Å². The molecule has 2 aromatic rings. The van der Waals surface area contributed by atoms with E-state index in [0.717, 1.165) is 0 Å². The molecule has 142 valence electrons. The minimum absolute atomic E-state index is 0.0786. The number of amides is 3. The Hall–Kier alpha value is -2.57. The van der Waals surface area contributed by atoms with E-state index in [9.17, 15) is 14.4 Å². The Morgan fingerprint density at radius 3 is 2.33 bits per heavy atom. The summed E-state index contributed by atoms with van der Waals surface area (Å²) in [6.45, 7) is 0.0476. The van der Waals surface area contributed by atoms with Crippen LogP contribution in [0.2, 0.25) is 10.0 Å². The number of halogens is 2. The van der Waals surface area contributed by atoms with Gasteiger partial charge in [0.15, 0.2) is 0 Å². The first-order valence-electron chi connectivity index (χ1n) is 8.19. The molecule has 0 aliphatic rings. The van der Waals surface area contributed by atoms with Crippen LogP contribution < -0.4 is 10.6 Å². The Morgan fingerprint density at radius 2 is 1.67 bits per heavy atom. The number of rotatable bonds is 7. The Labute approximate surface area is 167 Å². The molecule has 0 atom stereocenters. The molecule has 0 aliphatic carbocycles. The molecule has 27 heavy (non-hydrogen) atoms. The fourth-order valence-electron chi connectivity index (χ4n) is 2.23. The van der Waals surface area contributed by atoms with Crippen LogP contribution in [0, 0.1) is 0 Å². The smallest absolute Gasteiger partial charge is 0.251 e. The van der Waals surface area contributed by atoms with Gasteiger partial charge in [-0.15, -0.1) is 0 Å². The maximum atomic E-state index is 12.1. The molecule has 0 aliphatic heterocycles. The first-order valence-corrected chi connectivity index (χ1v) is 8.94. The predicted molar refractivity (Wildman–Crippen MR) is 106 cm³/mol. The molecule has 0 saturated carbocycles. The summed E-state index contributed by atoms with van der Waals surface area (Å²) in [6.07, 6.45) is 0.0786. The van der Waals surface area contributed by atoms with Gasteiger partial charge in [0.25, 0.3) is 5.91 Å². The van der Waals surface area contributed by atoms with E-state index in [1.807, 2.05) is 0 Å². The van der Waals surface area contributed by atoms with Crippen LogP contribution >= 0.6 is 23.2 Å². The van der Waals surface area contributed by atoms with Gasteiger partial charge in [-0.1, -0.05) is 35.3 Å². The Bertz CT molecular complexity index is 825. The molecule has 0 heterocycles. The third kappa shape index (κ3) is 6.58. The summed E-state index contributed by atoms with van der Waals surface area (Å²) in [5.41, 5.74) is 0.944. The largest absolute Gasteiger partial charge is 0.352 e. The van der Waals surface area contributed by atoms with Crippen LogP contribution in [0.3, 0.4) is 0 Å². The van der Waals surface area contributed by atoms with E-state index >= 15 is 0 Å². The summed E-state index contributed by atoms with van der Waals surface area (Å²) in [4.78, 5) is 37.4. The molecule has 2 N–H and O–H groups in total. The zero-order valence-corrected chi connectivity index (χ0v) is 16.2. The summed E-state index contributed by atoms with van der Waals surface area (Å²) in [6, 6.07) is 13.3. The number of nitrogens with zero attached hydrogens (tertiary/aromatic N) is 1. The van der Waals surface area contributed by atoms with Crippen LogP contribution in [0.1, 0.15) is 16.8 Å².